The number of carbonyl (C=O) groups excluding carboxylic acids is 2. The largest absolute Gasteiger partial charge is 0.464 e. The molecule has 7 nitrogen and oxygen atoms in total. The van der Waals surface area contributed by atoms with E-state index in [-0.39, 0.29) is 39.3 Å². The average Bonchev–Trinajstić information content (AvgIpc) is 3.44. The van der Waals surface area contributed by atoms with Crippen molar-refractivity contribution in [3.8, 4) is 11.5 Å². The summed E-state index contributed by atoms with van der Waals surface area (Å²) in [4.78, 5) is 24.6. The topological polar surface area (TPSA) is 90.9 Å². The molecule has 0 saturated heterocycles. The minimum absolute atomic E-state index is 0.0225. The lowest BCUT2D eigenvalue weighted by Crippen LogP contribution is -2.31. The molecule has 4 rings (SSSR count). The molecule has 3 atom stereocenters. The number of halogens is 6. The summed E-state index contributed by atoms with van der Waals surface area (Å²) >= 11 is 0.743. The van der Waals surface area contributed by atoms with Crippen molar-refractivity contribution in [3.63, 3.8) is 0 Å². The number of hydrogen-bond acceptors (Lipinski definition) is 8. The summed E-state index contributed by atoms with van der Waals surface area (Å²) in [5, 5.41) is 3.15. The van der Waals surface area contributed by atoms with E-state index in [1.807, 2.05) is 20.8 Å². The van der Waals surface area contributed by atoms with Gasteiger partial charge in [-0.25, -0.2) is 27.2 Å². The Balaban J connectivity index is 1.47. The van der Waals surface area contributed by atoms with Crippen LogP contribution in [0.15, 0.2) is 48.5 Å². The molecule has 1 heterocycles. The van der Waals surface area contributed by atoms with Crippen molar-refractivity contribution in [2.75, 3.05) is 11.9 Å². The first-order chi connectivity index (χ1) is 21.1. The van der Waals surface area contributed by atoms with Gasteiger partial charge in [0.15, 0.2) is 0 Å². The second-order valence-corrected chi connectivity index (χ2v) is 13.4. The Bertz CT molecular complexity index is 1760. The molecule has 0 aliphatic rings. The fraction of sp³-hybridized carbons (Fsp3) is 0.267. The first-order valence-electron chi connectivity index (χ1n) is 13.2. The molecule has 0 aliphatic heterocycles. The number of alkyl halides is 1. The van der Waals surface area contributed by atoms with Crippen LogP contribution < -0.4 is 14.6 Å². The van der Waals surface area contributed by atoms with Crippen LogP contribution in [0, 0.1) is 34.5 Å². The summed E-state index contributed by atoms with van der Waals surface area (Å²) in [6.07, 6.45) is 0. The van der Waals surface area contributed by atoms with Crippen LogP contribution in [-0.4, -0.2) is 24.6 Å². The molecule has 0 aliphatic carbocycles. The number of ether oxygens (including phenoxy) is 2. The van der Waals surface area contributed by atoms with Gasteiger partial charge in [0, 0.05) is 4.70 Å². The van der Waals surface area contributed by atoms with Crippen molar-refractivity contribution in [3.05, 3.63) is 88.1 Å². The van der Waals surface area contributed by atoms with Crippen molar-refractivity contribution in [1.82, 2.24) is 0 Å². The van der Waals surface area contributed by atoms with Crippen molar-refractivity contribution in [2.24, 2.45) is 5.41 Å². The minimum atomic E-state index is -3.46. The van der Waals surface area contributed by atoms with Crippen LogP contribution in [0.4, 0.5) is 32.0 Å². The molecule has 0 fully saturated rings. The van der Waals surface area contributed by atoms with Gasteiger partial charge in [0.1, 0.15) is 16.7 Å². The highest BCUT2D eigenvalue weighted by Gasteiger charge is 2.30. The number of benzene rings is 3. The normalized spacial score (nSPS) is 13.6. The molecule has 0 saturated carbocycles. The maximum atomic E-state index is 15.4. The first kappa shape index (κ1) is 33.9. The molecule has 15 heteroatoms. The van der Waals surface area contributed by atoms with E-state index in [0.29, 0.717) is 4.70 Å². The highest BCUT2D eigenvalue weighted by molar-refractivity contribution is 7.39. The van der Waals surface area contributed by atoms with Gasteiger partial charge in [0.25, 0.3) is 8.03 Å². The number of fused-ring (bicyclic) bond motifs is 1. The van der Waals surface area contributed by atoms with Gasteiger partial charge in [-0.3, -0.25) is 4.57 Å². The van der Waals surface area contributed by atoms with Gasteiger partial charge < -0.3 is 19.3 Å². The van der Waals surface area contributed by atoms with Crippen LogP contribution in [0.1, 0.15) is 48.8 Å². The third kappa shape index (κ3) is 7.80. The maximum absolute atomic E-state index is 15.4. The summed E-state index contributed by atoms with van der Waals surface area (Å²) < 4.78 is 112. The van der Waals surface area contributed by atoms with E-state index in [1.165, 1.54) is 24.3 Å². The van der Waals surface area contributed by atoms with E-state index < -0.39 is 66.8 Å². The molecular formula is C30H26F6NO6PS. The average molecular weight is 674 g/mol. The number of para-hydroxylation sites is 2. The van der Waals surface area contributed by atoms with E-state index in [0.717, 1.165) is 17.4 Å². The third-order valence-electron chi connectivity index (χ3n) is 6.08. The monoisotopic (exact) mass is 673 g/mol. The number of thiophene rings is 1. The fourth-order valence-electron chi connectivity index (χ4n) is 3.81. The fourth-order valence-corrected chi connectivity index (χ4v) is 5.68. The Labute approximate surface area is 258 Å². The van der Waals surface area contributed by atoms with Crippen LogP contribution in [0.3, 0.4) is 0 Å². The number of carbonyl (C=O) groups is 2. The Morgan fingerprint density at radius 1 is 0.933 bits per heavy atom. The molecule has 45 heavy (non-hydrogen) atoms. The molecule has 4 aromatic rings. The van der Waals surface area contributed by atoms with E-state index in [9.17, 15) is 36.1 Å². The van der Waals surface area contributed by atoms with Gasteiger partial charge in [-0.1, -0.05) is 39.0 Å². The van der Waals surface area contributed by atoms with Crippen molar-refractivity contribution in [2.45, 2.75) is 39.6 Å². The van der Waals surface area contributed by atoms with E-state index in [1.54, 1.807) is 25.1 Å². The summed E-state index contributed by atoms with van der Waals surface area (Å²) in [6, 6.07) is 10.5. The standard InChI is InChI=1S/C30H26F6NO6PS/c1-14(28(38)41-13-30(2,3)4)37-17-7-5-6-8-18(17)43-44(40)27(36)15-9-10-19-16(11-15)12-20(45-19)29(39)42-26-24(34)22(32)21(31)23(33)25(26)35/h5-12,14,27,37,44H,13H2,1-4H3/t14-,27+/m0/s1. The van der Waals surface area contributed by atoms with E-state index in [2.05, 4.69) is 10.1 Å². The third-order valence-corrected chi connectivity index (χ3v) is 8.34. The number of hydrogen-bond donors (Lipinski definition) is 1. The quantitative estimate of drug-likeness (QED) is 0.0450. The first-order valence-corrected chi connectivity index (χ1v) is 15.4. The summed E-state index contributed by atoms with van der Waals surface area (Å²) in [5.41, 5.74) is -0.0602. The molecule has 0 amide bonds. The molecule has 0 radical (unpaired) electrons. The van der Waals surface area contributed by atoms with Gasteiger partial charge in [0.05, 0.1) is 12.3 Å². The van der Waals surface area contributed by atoms with Gasteiger partial charge in [0.2, 0.25) is 40.7 Å². The maximum Gasteiger partial charge on any atom is 0.353 e. The SMILES string of the molecule is C[C@H](Nc1ccccc1O[PH](=O)[C@@H](F)c1ccc2sc(C(=O)Oc3c(F)c(F)c(F)c(F)c3F)cc2c1)C(=O)OCC(C)(C)C. The Morgan fingerprint density at radius 3 is 2.20 bits per heavy atom. The zero-order valence-corrected chi connectivity index (χ0v) is 25.9. The van der Waals surface area contributed by atoms with E-state index >= 15 is 4.39 Å². The summed E-state index contributed by atoms with van der Waals surface area (Å²) in [7, 11) is -3.46. The predicted octanol–water partition coefficient (Wildman–Crippen LogP) is 8.73. The van der Waals surface area contributed by atoms with E-state index in [4.69, 9.17) is 9.26 Å². The number of rotatable bonds is 10. The lowest BCUT2D eigenvalue weighted by Gasteiger charge is -2.21. The van der Waals surface area contributed by atoms with Crippen molar-refractivity contribution in [1.29, 1.82) is 0 Å². The minimum Gasteiger partial charge on any atom is -0.464 e. The molecule has 1 unspecified atom stereocenters. The smallest absolute Gasteiger partial charge is 0.353 e. The van der Waals surface area contributed by atoms with Crippen LogP contribution in [-0.2, 0) is 14.1 Å². The number of esters is 2. The Morgan fingerprint density at radius 2 is 1.56 bits per heavy atom. The number of anilines is 1. The zero-order chi connectivity index (χ0) is 33.2. The lowest BCUT2D eigenvalue weighted by atomic mass is 9.99. The molecule has 240 valence electrons. The molecule has 1 aromatic heterocycles. The molecule has 0 bridgehead atoms. The highest BCUT2D eigenvalue weighted by atomic mass is 32.1. The molecule has 3 aromatic carbocycles. The van der Waals surface area contributed by atoms with Crippen LogP contribution >= 0.6 is 19.4 Å². The van der Waals surface area contributed by atoms with Gasteiger partial charge >= 0.3 is 11.9 Å². The van der Waals surface area contributed by atoms with Gasteiger partial charge in [-0.05, 0) is 53.6 Å². The summed E-state index contributed by atoms with van der Waals surface area (Å²) in [5.74, 6) is -17.4. The summed E-state index contributed by atoms with van der Waals surface area (Å²) in [6.45, 7) is 7.47. The lowest BCUT2D eigenvalue weighted by molar-refractivity contribution is -0.146. The highest BCUT2D eigenvalue weighted by Crippen LogP contribution is 2.46. The zero-order valence-electron chi connectivity index (χ0n) is 24.1. The van der Waals surface area contributed by atoms with Gasteiger partial charge in [-0.2, -0.15) is 8.78 Å². The predicted molar refractivity (Wildman–Crippen MR) is 156 cm³/mol. The Hall–Kier alpha value is -4.03. The van der Waals surface area contributed by atoms with Crippen LogP contribution in [0.2, 0.25) is 0 Å². The second kappa shape index (κ2) is 13.5. The second-order valence-electron chi connectivity index (χ2n) is 11.0. The number of nitrogens with one attached hydrogen (secondary N) is 1. The molecule has 0 spiro atoms. The van der Waals surface area contributed by atoms with Crippen LogP contribution in [0.25, 0.3) is 10.1 Å². The van der Waals surface area contributed by atoms with Crippen LogP contribution in [0.5, 0.6) is 11.5 Å². The Kier molecular flexibility index (Phi) is 10.2. The molecule has 1 N–H and O–H groups in total. The molecular weight excluding hydrogens is 647 g/mol. The van der Waals surface area contributed by atoms with Crippen molar-refractivity contribution < 1.29 is 54.5 Å². The van der Waals surface area contributed by atoms with Gasteiger partial charge in [-0.15, -0.1) is 11.3 Å². The van der Waals surface area contributed by atoms with Crippen molar-refractivity contribution >= 4 is 47.1 Å².